The first-order valence-corrected chi connectivity index (χ1v) is 5.66. The van der Waals surface area contributed by atoms with E-state index in [9.17, 15) is 8.42 Å². The van der Waals surface area contributed by atoms with Gasteiger partial charge in [-0.3, -0.25) is 14.5 Å². The zero-order valence-electron chi connectivity index (χ0n) is 8.37. The molecule has 0 unspecified atom stereocenters. The van der Waals surface area contributed by atoms with E-state index in [4.69, 9.17) is 4.55 Å². The Labute approximate surface area is 93.6 Å². The Morgan fingerprint density at radius 3 is 2.56 bits per heavy atom. The van der Waals surface area contributed by atoms with Gasteiger partial charge in [0.25, 0.3) is 10.1 Å². The molecule has 0 radical (unpaired) electrons. The van der Waals surface area contributed by atoms with Crippen LogP contribution in [-0.4, -0.2) is 25.9 Å². The topological polar surface area (TPSA) is 79.1 Å². The molecule has 0 bridgehead atoms. The van der Waals surface area contributed by atoms with Crippen LogP contribution >= 0.6 is 0 Å². The van der Waals surface area contributed by atoms with Crippen molar-refractivity contribution in [2.24, 2.45) is 9.98 Å². The molecule has 0 spiro atoms. The van der Waals surface area contributed by atoms with Crippen molar-refractivity contribution >= 4 is 34.4 Å². The summed E-state index contributed by atoms with van der Waals surface area (Å²) in [5.41, 5.74) is 0.458. The van der Waals surface area contributed by atoms with Crippen molar-refractivity contribution in [2.45, 2.75) is 4.90 Å². The maximum absolute atomic E-state index is 11.0. The summed E-state index contributed by atoms with van der Waals surface area (Å²) in [6.07, 6.45) is 2.86. The second-order valence-corrected chi connectivity index (χ2v) is 4.19. The average molecular weight is 238 g/mol. The summed E-state index contributed by atoms with van der Waals surface area (Å²) in [5, 5.41) is 0. The van der Waals surface area contributed by atoms with E-state index < -0.39 is 10.1 Å². The smallest absolute Gasteiger partial charge is 0.282 e. The van der Waals surface area contributed by atoms with Crippen molar-refractivity contribution in [3.8, 4) is 0 Å². The molecule has 16 heavy (non-hydrogen) atoms. The lowest BCUT2D eigenvalue weighted by atomic mass is 10.3. The van der Waals surface area contributed by atoms with Gasteiger partial charge in [0.15, 0.2) is 0 Å². The third-order valence-corrected chi connectivity index (χ3v) is 2.60. The van der Waals surface area contributed by atoms with Gasteiger partial charge >= 0.3 is 0 Å². The van der Waals surface area contributed by atoms with Gasteiger partial charge in [0, 0.05) is 6.21 Å². The normalized spacial score (nSPS) is 11.6. The van der Waals surface area contributed by atoms with Gasteiger partial charge in [-0.05, 0) is 24.9 Å². The molecule has 0 saturated heterocycles. The van der Waals surface area contributed by atoms with Gasteiger partial charge in [0.1, 0.15) is 4.90 Å². The van der Waals surface area contributed by atoms with Crippen molar-refractivity contribution in [3.63, 3.8) is 0 Å². The zero-order chi connectivity index (χ0) is 12.2. The zero-order valence-corrected chi connectivity index (χ0v) is 9.18. The highest BCUT2D eigenvalue weighted by molar-refractivity contribution is 7.86. The van der Waals surface area contributed by atoms with Crippen molar-refractivity contribution in [1.82, 2.24) is 0 Å². The Morgan fingerprint density at radius 2 is 2.06 bits per heavy atom. The number of nitrogens with zero attached hydrogens (tertiary/aromatic N) is 2. The molecule has 0 aromatic heterocycles. The van der Waals surface area contributed by atoms with Crippen molar-refractivity contribution in [3.05, 3.63) is 30.9 Å². The van der Waals surface area contributed by atoms with E-state index in [1.807, 2.05) is 0 Å². The van der Waals surface area contributed by atoms with Gasteiger partial charge in [0.05, 0.1) is 11.4 Å². The van der Waals surface area contributed by atoms with Crippen LogP contribution in [0.4, 0.5) is 11.4 Å². The number of rotatable bonds is 4. The third kappa shape index (κ3) is 2.85. The minimum atomic E-state index is -4.33. The summed E-state index contributed by atoms with van der Waals surface area (Å²) >= 11 is 0. The van der Waals surface area contributed by atoms with Gasteiger partial charge in [0.2, 0.25) is 0 Å². The van der Waals surface area contributed by atoms with E-state index >= 15 is 0 Å². The fourth-order valence-electron chi connectivity index (χ4n) is 1.06. The predicted molar refractivity (Wildman–Crippen MR) is 63.8 cm³/mol. The molecular weight excluding hydrogens is 228 g/mol. The third-order valence-electron chi connectivity index (χ3n) is 1.72. The maximum atomic E-state index is 11.0. The molecule has 0 fully saturated rings. The molecule has 84 valence electrons. The SMILES string of the molecule is C=CC=Nc1ccc(N=C)c(S(=O)(=O)O)c1. The molecule has 0 amide bonds. The Balaban J connectivity index is 3.38. The Bertz CT molecular complexity index is 547. The van der Waals surface area contributed by atoms with Crippen LogP contribution in [0.15, 0.2) is 45.7 Å². The summed E-state index contributed by atoms with van der Waals surface area (Å²) < 4.78 is 31.0. The van der Waals surface area contributed by atoms with E-state index in [1.54, 1.807) is 6.07 Å². The van der Waals surface area contributed by atoms with Crippen LogP contribution < -0.4 is 0 Å². The van der Waals surface area contributed by atoms with Crippen molar-refractivity contribution in [2.75, 3.05) is 0 Å². The van der Waals surface area contributed by atoms with Crippen LogP contribution in [-0.2, 0) is 10.1 Å². The van der Waals surface area contributed by atoms with Crippen molar-refractivity contribution < 1.29 is 13.0 Å². The lowest BCUT2D eigenvalue weighted by Gasteiger charge is -2.02. The van der Waals surface area contributed by atoms with Crippen LogP contribution in [0.5, 0.6) is 0 Å². The molecule has 1 aromatic rings. The molecule has 0 aliphatic heterocycles. The minimum absolute atomic E-state index is 0.0834. The molecule has 1 rings (SSSR count). The monoisotopic (exact) mass is 238 g/mol. The van der Waals surface area contributed by atoms with E-state index in [-0.39, 0.29) is 10.6 Å². The molecule has 0 atom stereocenters. The van der Waals surface area contributed by atoms with Crippen LogP contribution in [0, 0.1) is 0 Å². The summed E-state index contributed by atoms with van der Waals surface area (Å²) in [5.74, 6) is 0. The van der Waals surface area contributed by atoms with Gasteiger partial charge in [-0.25, -0.2) is 0 Å². The lowest BCUT2D eigenvalue weighted by Crippen LogP contribution is -1.98. The fourth-order valence-corrected chi connectivity index (χ4v) is 1.73. The van der Waals surface area contributed by atoms with Crippen LogP contribution in [0.2, 0.25) is 0 Å². The molecule has 0 aliphatic rings. The lowest BCUT2D eigenvalue weighted by molar-refractivity contribution is 0.483. The Kier molecular flexibility index (Phi) is 3.70. The van der Waals surface area contributed by atoms with E-state index in [0.29, 0.717) is 5.69 Å². The van der Waals surface area contributed by atoms with E-state index in [2.05, 4.69) is 23.3 Å². The number of benzene rings is 1. The number of hydrogen-bond acceptors (Lipinski definition) is 4. The van der Waals surface area contributed by atoms with Crippen molar-refractivity contribution in [1.29, 1.82) is 0 Å². The van der Waals surface area contributed by atoms with Gasteiger partial charge in [-0.1, -0.05) is 12.7 Å². The average Bonchev–Trinajstić information content (AvgIpc) is 2.24. The summed E-state index contributed by atoms with van der Waals surface area (Å²) in [4.78, 5) is 7.07. The molecule has 0 heterocycles. The van der Waals surface area contributed by atoms with Crippen LogP contribution in [0.1, 0.15) is 0 Å². The summed E-state index contributed by atoms with van der Waals surface area (Å²) in [6.45, 7) is 6.65. The maximum Gasteiger partial charge on any atom is 0.296 e. The fraction of sp³-hybridized carbons (Fsp3) is 0. The van der Waals surface area contributed by atoms with Gasteiger partial charge in [-0.2, -0.15) is 8.42 Å². The predicted octanol–water partition coefficient (Wildman–Crippen LogP) is 2.15. The first-order valence-electron chi connectivity index (χ1n) is 4.22. The second-order valence-electron chi connectivity index (χ2n) is 2.80. The molecule has 5 nitrogen and oxygen atoms in total. The molecule has 1 N–H and O–H groups in total. The molecule has 0 saturated carbocycles. The summed E-state index contributed by atoms with van der Waals surface area (Å²) in [7, 11) is -4.33. The van der Waals surface area contributed by atoms with Gasteiger partial charge < -0.3 is 0 Å². The molecule has 6 heteroatoms. The highest BCUT2D eigenvalue weighted by Gasteiger charge is 2.15. The molecule has 0 aliphatic carbocycles. The summed E-state index contributed by atoms with van der Waals surface area (Å²) in [6, 6.07) is 4.17. The number of aliphatic imine (C=N–C) groups is 2. The van der Waals surface area contributed by atoms with Gasteiger partial charge in [-0.15, -0.1) is 0 Å². The minimum Gasteiger partial charge on any atom is -0.282 e. The standard InChI is InChI=1S/C10H10N2O3S/c1-3-6-12-8-4-5-9(11-2)10(7-8)16(13,14)15/h3-7H,1-2H2,(H,13,14,15). The molecule has 1 aromatic carbocycles. The van der Waals surface area contributed by atoms with Crippen LogP contribution in [0.25, 0.3) is 0 Å². The quantitative estimate of drug-likeness (QED) is 0.644. The highest BCUT2D eigenvalue weighted by Crippen LogP contribution is 2.28. The molecular formula is C10H10N2O3S. The Morgan fingerprint density at radius 1 is 1.38 bits per heavy atom. The largest absolute Gasteiger partial charge is 0.296 e. The first-order chi connectivity index (χ1) is 7.49. The second kappa shape index (κ2) is 4.82. The van der Waals surface area contributed by atoms with E-state index in [0.717, 1.165) is 0 Å². The number of hydrogen-bond donors (Lipinski definition) is 1. The van der Waals surface area contributed by atoms with Crippen LogP contribution in [0.3, 0.4) is 0 Å². The highest BCUT2D eigenvalue weighted by atomic mass is 32.2. The Hall–Kier alpha value is -1.79. The first kappa shape index (κ1) is 12.3. The number of allylic oxidation sites excluding steroid dienone is 1. The van der Waals surface area contributed by atoms with E-state index in [1.165, 1.54) is 24.4 Å².